The minimum Gasteiger partial charge on any atom is -0.491 e. The first-order valence-corrected chi connectivity index (χ1v) is 8.14. The van der Waals surface area contributed by atoms with Gasteiger partial charge in [-0.2, -0.15) is 18.3 Å². The first kappa shape index (κ1) is 20.5. The van der Waals surface area contributed by atoms with E-state index in [0.29, 0.717) is 5.56 Å². The topological polar surface area (TPSA) is 49.2 Å². The van der Waals surface area contributed by atoms with E-state index in [9.17, 15) is 26.3 Å². The summed E-state index contributed by atoms with van der Waals surface area (Å²) in [5.41, 5.74) is -0.256. The average Bonchev–Trinajstić information content (AvgIpc) is 3.14. The molecule has 0 aliphatic heterocycles. The molecule has 0 unspecified atom stereocenters. The van der Waals surface area contributed by atoms with Crippen LogP contribution in [0.5, 0.6) is 11.5 Å². The fourth-order valence-corrected chi connectivity index (χ4v) is 2.49. The zero-order valence-corrected chi connectivity index (χ0v) is 14.5. The van der Waals surface area contributed by atoms with Crippen LogP contribution in [0.2, 0.25) is 0 Å². The van der Waals surface area contributed by atoms with Crippen LogP contribution in [0, 0.1) is 0 Å². The fourth-order valence-electron chi connectivity index (χ4n) is 2.49. The summed E-state index contributed by atoms with van der Waals surface area (Å²) in [5.74, 6) is -0.508. The van der Waals surface area contributed by atoms with E-state index in [1.54, 1.807) is 0 Å². The van der Waals surface area contributed by atoms with Crippen LogP contribution in [-0.4, -0.2) is 27.7 Å². The quantitative estimate of drug-likeness (QED) is 0.533. The second-order valence-electron chi connectivity index (χ2n) is 5.79. The SMILES string of the molecule is FC(F)(F)Oc1ccc(-c2ccc(C(F)(F)F)cc2OCCn2cncn2)cc1. The second kappa shape index (κ2) is 8.02. The van der Waals surface area contributed by atoms with Crippen LogP contribution >= 0.6 is 0 Å². The van der Waals surface area contributed by atoms with E-state index < -0.39 is 23.9 Å². The molecule has 2 aromatic carbocycles. The molecule has 0 spiro atoms. The predicted octanol–water partition coefficient (Wildman–Crippen LogP) is 4.94. The molecule has 29 heavy (non-hydrogen) atoms. The van der Waals surface area contributed by atoms with Crippen LogP contribution in [0.4, 0.5) is 26.3 Å². The largest absolute Gasteiger partial charge is 0.573 e. The van der Waals surface area contributed by atoms with Gasteiger partial charge in [-0.1, -0.05) is 18.2 Å². The van der Waals surface area contributed by atoms with Crippen LogP contribution in [0.25, 0.3) is 11.1 Å². The number of halogens is 6. The van der Waals surface area contributed by atoms with Crippen LogP contribution in [-0.2, 0) is 12.7 Å². The number of nitrogens with zero attached hydrogens (tertiary/aromatic N) is 3. The van der Waals surface area contributed by atoms with Gasteiger partial charge < -0.3 is 9.47 Å². The molecule has 0 atom stereocenters. The molecule has 1 heterocycles. The van der Waals surface area contributed by atoms with E-state index in [-0.39, 0.29) is 24.5 Å². The Morgan fingerprint density at radius 1 is 0.931 bits per heavy atom. The Balaban J connectivity index is 1.86. The van der Waals surface area contributed by atoms with Gasteiger partial charge in [0.2, 0.25) is 0 Å². The minimum absolute atomic E-state index is 0.00688. The molecule has 0 radical (unpaired) electrons. The lowest BCUT2D eigenvalue weighted by atomic mass is 10.0. The van der Waals surface area contributed by atoms with Crippen molar-refractivity contribution in [1.29, 1.82) is 0 Å². The molecule has 0 saturated heterocycles. The fraction of sp³-hybridized carbons (Fsp3) is 0.222. The number of rotatable bonds is 6. The lowest BCUT2D eigenvalue weighted by Gasteiger charge is -2.15. The van der Waals surface area contributed by atoms with E-state index in [4.69, 9.17) is 4.74 Å². The predicted molar refractivity (Wildman–Crippen MR) is 89.1 cm³/mol. The third kappa shape index (κ3) is 5.62. The van der Waals surface area contributed by atoms with Crippen molar-refractivity contribution >= 4 is 0 Å². The summed E-state index contributed by atoms with van der Waals surface area (Å²) >= 11 is 0. The number of alkyl halides is 6. The zero-order valence-electron chi connectivity index (χ0n) is 14.5. The summed E-state index contributed by atoms with van der Waals surface area (Å²) in [4.78, 5) is 3.75. The van der Waals surface area contributed by atoms with Crippen LogP contribution in [0.15, 0.2) is 55.1 Å². The summed E-state index contributed by atoms with van der Waals surface area (Å²) in [7, 11) is 0. The normalized spacial score (nSPS) is 12.1. The van der Waals surface area contributed by atoms with Crippen molar-refractivity contribution in [1.82, 2.24) is 14.8 Å². The van der Waals surface area contributed by atoms with Gasteiger partial charge in [-0.05, 0) is 29.8 Å². The molecule has 3 aromatic rings. The van der Waals surface area contributed by atoms with Crippen LogP contribution < -0.4 is 9.47 Å². The molecule has 1 aromatic heterocycles. The van der Waals surface area contributed by atoms with E-state index in [2.05, 4.69) is 14.8 Å². The lowest BCUT2D eigenvalue weighted by molar-refractivity contribution is -0.274. The Morgan fingerprint density at radius 3 is 2.24 bits per heavy atom. The van der Waals surface area contributed by atoms with Crippen molar-refractivity contribution in [2.45, 2.75) is 19.1 Å². The van der Waals surface area contributed by atoms with Crippen molar-refractivity contribution in [3.63, 3.8) is 0 Å². The summed E-state index contributed by atoms with van der Waals surface area (Å²) < 4.78 is 86.8. The monoisotopic (exact) mass is 417 g/mol. The molecule has 0 bridgehead atoms. The highest BCUT2D eigenvalue weighted by Gasteiger charge is 2.32. The molecule has 0 aliphatic rings. The van der Waals surface area contributed by atoms with Crippen molar-refractivity contribution in [2.75, 3.05) is 6.61 Å². The van der Waals surface area contributed by atoms with Gasteiger partial charge in [0.05, 0.1) is 12.1 Å². The summed E-state index contributed by atoms with van der Waals surface area (Å²) in [6, 6.07) is 7.66. The standard InChI is InChI=1S/C18H13F6N3O2/c19-17(20,21)13-3-6-15(12-1-4-14(5-2-12)29-18(22,23)24)16(9-13)28-8-7-27-11-25-10-26-27/h1-6,9-11H,7-8H2. The van der Waals surface area contributed by atoms with Gasteiger partial charge in [-0.3, -0.25) is 0 Å². The highest BCUT2D eigenvalue weighted by molar-refractivity contribution is 5.71. The number of hydrogen-bond donors (Lipinski definition) is 0. The Kier molecular flexibility index (Phi) is 5.66. The first-order chi connectivity index (χ1) is 13.6. The summed E-state index contributed by atoms with van der Waals surface area (Å²) in [5, 5.41) is 3.86. The third-order valence-electron chi connectivity index (χ3n) is 3.75. The molecule has 5 nitrogen and oxygen atoms in total. The first-order valence-electron chi connectivity index (χ1n) is 8.14. The molecule has 3 rings (SSSR count). The molecule has 0 amide bonds. The Morgan fingerprint density at radius 2 is 1.66 bits per heavy atom. The number of hydrogen-bond acceptors (Lipinski definition) is 4. The summed E-state index contributed by atoms with van der Waals surface area (Å²) in [6.07, 6.45) is -6.69. The van der Waals surface area contributed by atoms with Crippen molar-refractivity contribution < 1.29 is 35.8 Å². The zero-order chi connectivity index (χ0) is 21.1. The minimum atomic E-state index is -4.84. The van der Waals surface area contributed by atoms with Gasteiger partial charge in [-0.15, -0.1) is 13.2 Å². The van der Waals surface area contributed by atoms with Gasteiger partial charge in [0, 0.05) is 5.56 Å². The molecular weight excluding hydrogens is 404 g/mol. The van der Waals surface area contributed by atoms with Gasteiger partial charge >= 0.3 is 12.5 Å². The smallest absolute Gasteiger partial charge is 0.491 e. The summed E-state index contributed by atoms with van der Waals surface area (Å²) in [6.45, 7) is 0.251. The van der Waals surface area contributed by atoms with Crippen molar-refractivity contribution in [3.05, 3.63) is 60.7 Å². The van der Waals surface area contributed by atoms with E-state index in [1.807, 2.05) is 0 Å². The maximum Gasteiger partial charge on any atom is 0.573 e. The van der Waals surface area contributed by atoms with E-state index >= 15 is 0 Å². The van der Waals surface area contributed by atoms with Crippen molar-refractivity contribution in [2.24, 2.45) is 0 Å². The number of benzene rings is 2. The molecule has 11 heteroatoms. The van der Waals surface area contributed by atoms with Crippen LogP contribution in [0.1, 0.15) is 5.56 Å². The molecule has 0 aliphatic carbocycles. The molecular formula is C18H13F6N3O2. The average molecular weight is 417 g/mol. The van der Waals surface area contributed by atoms with Gasteiger partial charge in [-0.25, -0.2) is 9.67 Å². The Bertz CT molecular complexity index is 938. The highest BCUT2D eigenvalue weighted by Crippen LogP contribution is 2.38. The second-order valence-corrected chi connectivity index (χ2v) is 5.79. The van der Waals surface area contributed by atoms with Gasteiger partial charge in [0.1, 0.15) is 30.8 Å². The Hall–Kier alpha value is -3.24. The maximum absolute atomic E-state index is 13.1. The van der Waals surface area contributed by atoms with Gasteiger partial charge in [0.25, 0.3) is 0 Å². The van der Waals surface area contributed by atoms with E-state index in [0.717, 1.165) is 24.3 Å². The molecule has 0 saturated carbocycles. The van der Waals surface area contributed by atoms with Crippen LogP contribution in [0.3, 0.4) is 0 Å². The lowest BCUT2D eigenvalue weighted by Crippen LogP contribution is -2.16. The van der Waals surface area contributed by atoms with Crippen molar-refractivity contribution in [3.8, 4) is 22.6 Å². The Labute approximate surface area is 160 Å². The number of ether oxygens (including phenoxy) is 2. The maximum atomic E-state index is 13.1. The highest BCUT2D eigenvalue weighted by atomic mass is 19.4. The third-order valence-corrected chi connectivity index (χ3v) is 3.75. The van der Waals surface area contributed by atoms with Gasteiger partial charge in [0.15, 0.2) is 0 Å². The molecule has 154 valence electrons. The van der Waals surface area contributed by atoms with E-state index in [1.165, 1.54) is 35.5 Å². The number of aromatic nitrogens is 3. The molecule has 0 fully saturated rings. The molecule has 0 N–H and O–H groups in total.